The Kier molecular flexibility index (Phi) is 5.63. The van der Waals surface area contributed by atoms with Gasteiger partial charge in [-0.1, -0.05) is 12.1 Å². The number of hydrogen-bond acceptors (Lipinski definition) is 7. The average Bonchev–Trinajstić information content (AvgIpc) is 3.39. The van der Waals surface area contributed by atoms with Crippen LogP contribution in [0.15, 0.2) is 18.2 Å². The molecule has 0 radical (unpaired) electrons. The highest BCUT2D eigenvalue weighted by Gasteiger charge is 2.40. The van der Waals surface area contributed by atoms with Gasteiger partial charge in [-0.05, 0) is 31.7 Å². The summed E-state index contributed by atoms with van der Waals surface area (Å²) in [4.78, 5) is 38.0. The van der Waals surface area contributed by atoms with E-state index in [9.17, 15) is 14.4 Å². The highest BCUT2D eigenvalue weighted by molar-refractivity contribution is 6.25. The van der Waals surface area contributed by atoms with Crippen molar-refractivity contribution in [2.75, 3.05) is 38.4 Å². The van der Waals surface area contributed by atoms with Gasteiger partial charge < -0.3 is 15.2 Å². The van der Waals surface area contributed by atoms with Crippen LogP contribution in [0.1, 0.15) is 53.2 Å². The van der Waals surface area contributed by atoms with Crippen LogP contribution >= 0.6 is 0 Å². The molecule has 1 aromatic carbocycles. The summed E-state index contributed by atoms with van der Waals surface area (Å²) < 4.78 is 10.3. The van der Waals surface area contributed by atoms with E-state index in [2.05, 4.69) is 10.2 Å². The fraction of sp³-hybridized carbons (Fsp3) is 0.478. The van der Waals surface area contributed by atoms with E-state index in [0.29, 0.717) is 67.2 Å². The van der Waals surface area contributed by atoms with Crippen molar-refractivity contribution >= 4 is 23.5 Å². The van der Waals surface area contributed by atoms with Crippen molar-refractivity contribution in [3.05, 3.63) is 35.0 Å². The second-order valence-corrected chi connectivity index (χ2v) is 8.68. The smallest absolute Gasteiger partial charge is 0.334 e. The minimum atomic E-state index is -0.648. The molecule has 1 saturated carbocycles. The predicted octanol–water partition coefficient (Wildman–Crippen LogP) is 2.20. The third-order valence-electron chi connectivity index (χ3n) is 6.92. The van der Waals surface area contributed by atoms with Gasteiger partial charge in [-0.2, -0.15) is 5.10 Å². The molecule has 1 aliphatic heterocycles. The molecule has 1 saturated heterocycles. The standard InChI is InChI=1S/C23H27N5O5/c1-32-22(30)14-7-5-13(6-8-14)19-18-20(26-25-19)15-3-2-4-16(17(15)21(18)29)28(23(24)31)27-9-11-33-12-10-27/h2-4,13-14H,5-12H2,1H3,(H2,24,31)(H,25,26). The van der Waals surface area contributed by atoms with Crippen molar-refractivity contribution in [3.8, 4) is 11.3 Å². The maximum Gasteiger partial charge on any atom is 0.334 e. The van der Waals surface area contributed by atoms with Gasteiger partial charge in [0.05, 0.1) is 48.7 Å². The number of ether oxygens (including phenoxy) is 2. The average molecular weight is 453 g/mol. The lowest BCUT2D eigenvalue weighted by atomic mass is 9.79. The summed E-state index contributed by atoms with van der Waals surface area (Å²) in [5.41, 5.74) is 9.32. The van der Waals surface area contributed by atoms with Crippen LogP contribution in [-0.2, 0) is 14.3 Å². The molecular formula is C23H27N5O5. The number of fused-ring (bicyclic) bond motifs is 3. The number of aromatic amines is 1. The van der Waals surface area contributed by atoms with Crippen LogP contribution in [0, 0.1) is 5.92 Å². The van der Waals surface area contributed by atoms with E-state index in [0.717, 1.165) is 18.5 Å². The monoisotopic (exact) mass is 453 g/mol. The molecule has 0 atom stereocenters. The number of hydrogen-bond donors (Lipinski definition) is 2. The SMILES string of the molecule is COC(=O)C1CCC(c2[nH]nc3c2C(=O)c2c-3cccc2N(C(N)=O)N2CCOCC2)CC1. The minimum Gasteiger partial charge on any atom is -0.469 e. The van der Waals surface area contributed by atoms with Crippen LogP contribution in [0.2, 0.25) is 0 Å². The summed E-state index contributed by atoms with van der Waals surface area (Å²) in [6.45, 7) is 1.96. The molecule has 3 aliphatic rings. The second kappa shape index (κ2) is 8.60. The number of nitrogens with two attached hydrogens (primary N) is 1. The van der Waals surface area contributed by atoms with Crippen LogP contribution < -0.4 is 10.7 Å². The summed E-state index contributed by atoms with van der Waals surface area (Å²) in [6, 6.07) is 4.75. The Hall–Kier alpha value is -3.24. The number of nitrogens with one attached hydrogen (secondary N) is 1. The highest BCUT2D eigenvalue weighted by atomic mass is 16.5. The molecule has 2 amide bonds. The number of carbonyl (C=O) groups excluding carboxylic acids is 3. The van der Waals surface area contributed by atoms with Gasteiger partial charge in [0, 0.05) is 24.6 Å². The van der Waals surface area contributed by atoms with Crippen molar-refractivity contribution in [1.29, 1.82) is 0 Å². The van der Waals surface area contributed by atoms with Gasteiger partial charge in [-0.15, -0.1) is 0 Å². The number of anilines is 1. The molecule has 0 unspecified atom stereocenters. The van der Waals surface area contributed by atoms with Crippen LogP contribution in [0.5, 0.6) is 0 Å². The van der Waals surface area contributed by atoms with Crippen LogP contribution in [-0.4, -0.2) is 66.4 Å². The predicted molar refractivity (Wildman–Crippen MR) is 119 cm³/mol. The Morgan fingerprint density at radius 3 is 2.58 bits per heavy atom. The molecular weight excluding hydrogens is 426 g/mol. The summed E-state index contributed by atoms with van der Waals surface area (Å²) in [6.07, 6.45) is 2.96. The fourth-order valence-electron chi connectivity index (χ4n) is 5.30. The summed E-state index contributed by atoms with van der Waals surface area (Å²) >= 11 is 0. The third kappa shape index (κ3) is 3.59. The van der Waals surface area contributed by atoms with Gasteiger partial charge in [0.1, 0.15) is 5.69 Å². The number of morpholine rings is 1. The highest BCUT2D eigenvalue weighted by Crippen LogP contribution is 2.46. The first-order valence-corrected chi connectivity index (χ1v) is 11.3. The molecule has 10 heteroatoms. The summed E-state index contributed by atoms with van der Waals surface area (Å²) in [5, 5.41) is 10.8. The Morgan fingerprint density at radius 1 is 1.18 bits per heavy atom. The number of amides is 2. The Labute approximate surface area is 191 Å². The number of nitrogens with zero attached hydrogens (tertiary/aromatic N) is 3. The molecule has 0 spiro atoms. The first kappa shape index (κ1) is 21.6. The Morgan fingerprint density at radius 2 is 1.91 bits per heavy atom. The van der Waals surface area contributed by atoms with Gasteiger partial charge in [0.15, 0.2) is 5.78 Å². The van der Waals surface area contributed by atoms with Gasteiger partial charge in [-0.25, -0.2) is 14.8 Å². The number of esters is 1. The van der Waals surface area contributed by atoms with E-state index in [-0.39, 0.29) is 23.6 Å². The lowest BCUT2D eigenvalue weighted by Crippen LogP contribution is -2.54. The molecule has 2 fully saturated rings. The second-order valence-electron chi connectivity index (χ2n) is 8.68. The molecule has 10 nitrogen and oxygen atoms in total. The number of H-pyrrole nitrogens is 1. The lowest BCUT2D eigenvalue weighted by Gasteiger charge is -2.36. The van der Waals surface area contributed by atoms with Crippen LogP contribution in [0.3, 0.4) is 0 Å². The van der Waals surface area contributed by atoms with E-state index in [4.69, 9.17) is 15.2 Å². The quantitative estimate of drug-likeness (QED) is 0.579. The maximum absolute atomic E-state index is 13.7. The maximum atomic E-state index is 13.7. The van der Waals surface area contributed by atoms with Gasteiger partial charge in [0.25, 0.3) is 0 Å². The van der Waals surface area contributed by atoms with Crippen molar-refractivity contribution in [1.82, 2.24) is 15.2 Å². The Balaban J connectivity index is 1.47. The summed E-state index contributed by atoms with van der Waals surface area (Å²) in [5.74, 6) is -0.324. The first-order valence-electron chi connectivity index (χ1n) is 11.3. The molecule has 2 aliphatic carbocycles. The van der Waals surface area contributed by atoms with Gasteiger partial charge in [0.2, 0.25) is 0 Å². The van der Waals surface area contributed by atoms with Gasteiger partial charge in [-0.3, -0.25) is 14.7 Å². The minimum absolute atomic E-state index is 0.0978. The molecule has 2 aromatic rings. The van der Waals surface area contributed by atoms with Crippen molar-refractivity contribution < 1.29 is 23.9 Å². The Bertz CT molecular complexity index is 1100. The molecule has 33 heavy (non-hydrogen) atoms. The van der Waals surface area contributed by atoms with Crippen molar-refractivity contribution in [3.63, 3.8) is 0 Å². The summed E-state index contributed by atoms with van der Waals surface area (Å²) in [7, 11) is 1.41. The topological polar surface area (TPSA) is 131 Å². The van der Waals surface area contributed by atoms with Crippen molar-refractivity contribution in [2.24, 2.45) is 11.7 Å². The van der Waals surface area contributed by atoms with E-state index in [1.807, 2.05) is 17.1 Å². The van der Waals surface area contributed by atoms with Crippen molar-refractivity contribution in [2.45, 2.75) is 31.6 Å². The van der Waals surface area contributed by atoms with Crippen LogP contribution in [0.4, 0.5) is 10.5 Å². The molecule has 2 heterocycles. The number of rotatable bonds is 4. The van der Waals surface area contributed by atoms with E-state index >= 15 is 0 Å². The fourth-order valence-corrected chi connectivity index (χ4v) is 5.30. The molecule has 174 valence electrons. The lowest BCUT2D eigenvalue weighted by molar-refractivity contribution is -0.146. The number of ketones is 1. The zero-order chi connectivity index (χ0) is 23.1. The largest absolute Gasteiger partial charge is 0.469 e. The number of primary amides is 1. The number of urea groups is 1. The number of hydrazine groups is 1. The van der Waals surface area contributed by atoms with Crippen LogP contribution in [0.25, 0.3) is 11.3 Å². The third-order valence-corrected chi connectivity index (χ3v) is 6.92. The zero-order valence-corrected chi connectivity index (χ0v) is 18.5. The molecule has 3 N–H and O–H groups in total. The number of benzene rings is 1. The molecule has 5 rings (SSSR count). The number of methoxy groups -OCH3 is 1. The first-order chi connectivity index (χ1) is 16.0. The molecule has 0 bridgehead atoms. The van der Waals surface area contributed by atoms with E-state index < -0.39 is 6.03 Å². The van der Waals surface area contributed by atoms with E-state index in [1.54, 1.807) is 6.07 Å². The van der Waals surface area contributed by atoms with E-state index in [1.165, 1.54) is 12.1 Å². The van der Waals surface area contributed by atoms with Gasteiger partial charge >= 0.3 is 12.0 Å². The normalized spacial score (nSPS) is 22.5. The number of aromatic nitrogens is 2. The zero-order valence-electron chi connectivity index (χ0n) is 18.5. The molecule has 1 aromatic heterocycles. The number of carbonyl (C=O) groups is 3.